The summed E-state index contributed by atoms with van der Waals surface area (Å²) in [6.07, 6.45) is 5.85. The highest BCUT2D eigenvalue weighted by atomic mass is 19.1. The molecule has 2 bridgehead atoms. The van der Waals surface area contributed by atoms with E-state index in [0.717, 1.165) is 36.8 Å². The number of carbonyl (C=O) groups is 1. The number of rotatable bonds is 1. The molecule has 1 aromatic carbocycles. The molecule has 2 unspecified atom stereocenters. The molecule has 1 saturated heterocycles. The maximum absolute atomic E-state index is 13.4. The lowest BCUT2D eigenvalue weighted by molar-refractivity contribution is 0.0000860. The predicted octanol–water partition coefficient (Wildman–Crippen LogP) is 5.08. The van der Waals surface area contributed by atoms with Crippen molar-refractivity contribution in [2.45, 2.75) is 71.1 Å². The van der Waals surface area contributed by atoms with E-state index in [1.807, 2.05) is 38.7 Å². The summed E-state index contributed by atoms with van der Waals surface area (Å²) in [5.41, 5.74) is 2.78. The first-order valence-electron chi connectivity index (χ1n) is 8.73. The molecule has 3 nitrogen and oxygen atoms in total. The summed E-state index contributed by atoms with van der Waals surface area (Å²) >= 11 is 0. The van der Waals surface area contributed by atoms with Gasteiger partial charge in [0.05, 0.1) is 6.04 Å². The molecule has 0 radical (unpaired) electrons. The van der Waals surface area contributed by atoms with Crippen LogP contribution in [-0.4, -0.2) is 28.7 Å². The second-order valence-electron chi connectivity index (χ2n) is 7.89. The first kappa shape index (κ1) is 17.0. The summed E-state index contributed by atoms with van der Waals surface area (Å²) < 4.78 is 19.0. The van der Waals surface area contributed by atoms with Crippen LogP contribution in [0, 0.1) is 12.7 Å². The molecule has 2 heterocycles. The average molecular weight is 331 g/mol. The van der Waals surface area contributed by atoms with Crippen LogP contribution in [0.4, 0.5) is 9.18 Å². The van der Waals surface area contributed by atoms with Gasteiger partial charge in [-0.15, -0.1) is 0 Å². The Hall–Kier alpha value is -1.84. The summed E-state index contributed by atoms with van der Waals surface area (Å²) in [6.45, 7) is 7.63. The SMILES string of the molecule is Cc1cc(F)ccc1C1=CC2CCCC(C1)N2C(=O)OC(C)(C)C. The normalized spacial score (nSPS) is 23.7. The third-order valence-corrected chi connectivity index (χ3v) is 4.78. The van der Waals surface area contributed by atoms with E-state index < -0.39 is 5.60 Å². The third-order valence-electron chi connectivity index (χ3n) is 4.78. The van der Waals surface area contributed by atoms with Gasteiger partial charge in [0.25, 0.3) is 0 Å². The number of nitrogens with zero attached hydrogens (tertiary/aromatic N) is 1. The molecule has 2 aliphatic heterocycles. The summed E-state index contributed by atoms with van der Waals surface area (Å²) in [6, 6.07) is 5.19. The summed E-state index contributed by atoms with van der Waals surface area (Å²) in [7, 11) is 0. The Bertz CT molecular complexity index is 675. The van der Waals surface area contributed by atoms with Crippen molar-refractivity contribution in [1.82, 2.24) is 4.90 Å². The van der Waals surface area contributed by atoms with Crippen molar-refractivity contribution >= 4 is 11.7 Å². The Labute approximate surface area is 143 Å². The summed E-state index contributed by atoms with van der Waals surface area (Å²) in [5.74, 6) is -0.205. The Kier molecular flexibility index (Phi) is 4.41. The minimum atomic E-state index is -0.483. The van der Waals surface area contributed by atoms with Gasteiger partial charge in [-0.1, -0.05) is 12.1 Å². The molecule has 1 amide bonds. The second-order valence-corrected chi connectivity index (χ2v) is 7.89. The van der Waals surface area contributed by atoms with E-state index in [4.69, 9.17) is 4.74 Å². The lowest BCUT2D eigenvalue weighted by atomic mass is 9.82. The number of benzene rings is 1. The van der Waals surface area contributed by atoms with Gasteiger partial charge in [-0.2, -0.15) is 0 Å². The van der Waals surface area contributed by atoms with Crippen LogP contribution in [0.1, 0.15) is 57.6 Å². The predicted molar refractivity (Wildman–Crippen MR) is 93.2 cm³/mol. The Morgan fingerprint density at radius 3 is 2.67 bits per heavy atom. The van der Waals surface area contributed by atoms with Crippen LogP contribution in [0.2, 0.25) is 0 Å². The van der Waals surface area contributed by atoms with E-state index in [2.05, 4.69) is 6.08 Å². The average Bonchev–Trinajstić information content (AvgIpc) is 2.44. The first-order chi connectivity index (χ1) is 11.2. The number of carbonyl (C=O) groups excluding carboxylic acids is 1. The maximum atomic E-state index is 13.4. The molecule has 2 aliphatic rings. The Morgan fingerprint density at radius 1 is 1.29 bits per heavy atom. The fourth-order valence-corrected chi connectivity index (χ4v) is 3.82. The van der Waals surface area contributed by atoms with E-state index in [-0.39, 0.29) is 24.0 Å². The number of amides is 1. The van der Waals surface area contributed by atoms with Crippen molar-refractivity contribution < 1.29 is 13.9 Å². The quantitative estimate of drug-likeness (QED) is 0.718. The Balaban J connectivity index is 1.88. The van der Waals surface area contributed by atoms with E-state index in [1.54, 1.807) is 6.07 Å². The number of fused-ring (bicyclic) bond motifs is 2. The first-order valence-corrected chi connectivity index (χ1v) is 8.73. The van der Waals surface area contributed by atoms with Gasteiger partial charge in [-0.05, 0) is 82.2 Å². The maximum Gasteiger partial charge on any atom is 0.411 e. The topological polar surface area (TPSA) is 29.5 Å². The zero-order valence-corrected chi connectivity index (χ0v) is 14.9. The fraction of sp³-hybridized carbons (Fsp3) is 0.550. The number of halogens is 1. The van der Waals surface area contributed by atoms with Gasteiger partial charge in [0.2, 0.25) is 0 Å². The van der Waals surface area contributed by atoms with Crippen molar-refractivity contribution in [2.24, 2.45) is 0 Å². The lowest BCUT2D eigenvalue weighted by Gasteiger charge is -2.45. The zero-order valence-electron chi connectivity index (χ0n) is 14.9. The second kappa shape index (κ2) is 6.23. The van der Waals surface area contributed by atoms with Crippen LogP contribution < -0.4 is 0 Å². The number of piperidine rings is 1. The van der Waals surface area contributed by atoms with E-state index in [9.17, 15) is 9.18 Å². The third kappa shape index (κ3) is 3.47. The van der Waals surface area contributed by atoms with Gasteiger partial charge in [0.15, 0.2) is 0 Å². The van der Waals surface area contributed by atoms with Crippen LogP contribution in [0.3, 0.4) is 0 Å². The summed E-state index contributed by atoms with van der Waals surface area (Å²) in [4.78, 5) is 14.5. The fourth-order valence-electron chi connectivity index (χ4n) is 3.82. The van der Waals surface area contributed by atoms with Crippen molar-refractivity contribution in [2.75, 3.05) is 0 Å². The number of hydrogen-bond donors (Lipinski definition) is 0. The molecule has 3 rings (SSSR count). The number of aryl methyl sites for hydroxylation is 1. The van der Waals surface area contributed by atoms with Crippen molar-refractivity contribution in [3.05, 3.63) is 41.2 Å². The largest absolute Gasteiger partial charge is 0.444 e. The molecule has 0 aromatic heterocycles. The molecule has 0 spiro atoms. The summed E-state index contributed by atoms with van der Waals surface area (Å²) in [5, 5.41) is 0. The highest BCUT2D eigenvalue weighted by Crippen LogP contribution is 2.38. The van der Waals surface area contributed by atoms with Gasteiger partial charge in [0.1, 0.15) is 11.4 Å². The monoisotopic (exact) mass is 331 g/mol. The molecule has 0 saturated carbocycles. The minimum Gasteiger partial charge on any atom is -0.444 e. The van der Waals surface area contributed by atoms with Crippen molar-refractivity contribution in [3.63, 3.8) is 0 Å². The van der Waals surface area contributed by atoms with E-state index in [0.29, 0.717) is 0 Å². The Morgan fingerprint density at radius 2 is 2.04 bits per heavy atom. The molecule has 130 valence electrons. The zero-order chi connectivity index (χ0) is 17.5. The van der Waals surface area contributed by atoms with Crippen LogP contribution in [0.5, 0.6) is 0 Å². The van der Waals surface area contributed by atoms with Crippen molar-refractivity contribution in [3.8, 4) is 0 Å². The minimum absolute atomic E-state index is 0.0757. The molecule has 0 aliphatic carbocycles. The molecular formula is C20H26FNO2. The highest BCUT2D eigenvalue weighted by Gasteiger charge is 2.39. The molecule has 2 atom stereocenters. The molecule has 1 aromatic rings. The van der Waals surface area contributed by atoms with Gasteiger partial charge >= 0.3 is 6.09 Å². The van der Waals surface area contributed by atoms with Crippen molar-refractivity contribution in [1.29, 1.82) is 0 Å². The smallest absolute Gasteiger partial charge is 0.411 e. The van der Waals surface area contributed by atoms with Gasteiger partial charge < -0.3 is 4.74 Å². The van der Waals surface area contributed by atoms with Crippen LogP contribution >= 0.6 is 0 Å². The van der Waals surface area contributed by atoms with Crippen LogP contribution in [-0.2, 0) is 4.74 Å². The van der Waals surface area contributed by atoms with Gasteiger partial charge in [-0.25, -0.2) is 9.18 Å². The van der Waals surface area contributed by atoms with Crippen LogP contribution in [0.15, 0.2) is 24.3 Å². The molecular weight excluding hydrogens is 305 g/mol. The number of ether oxygens (including phenoxy) is 1. The molecule has 4 heteroatoms. The number of hydrogen-bond acceptors (Lipinski definition) is 2. The lowest BCUT2D eigenvalue weighted by Crippen LogP contribution is -2.53. The molecule has 24 heavy (non-hydrogen) atoms. The standard InChI is InChI=1S/C20H26FNO2/c1-13-10-15(21)8-9-18(13)14-11-16-6-5-7-17(12-14)22(16)19(23)24-20(2,3)4/h8-11,16-17H,5-7,12H2,1-4H3. The molecule has 0 N–H and O–H groups in total. The molecule has 1 fully saturated rings. The van der Waals surface area contributed by atoms with E-state index in [1.165, 1.54) is 11.6 Å². The van der Waals surface area contributed by atoms with Gasteiger partial charge in [0, 0.05) is 6.04 Å². The highest BCUT2D eigenvalue weighted by molar-refractivity contribution is 5.75. The van der Waals surface area contributed by atoms with Crippen LogP contribution in [0.25, 0.3) is 5.57 Å². The van der Waals surface area contributed by atoms with Gasteiger partial charge in [-0.3, -0.25) is 4.90 Å². The van der Waals surface area contributed by atoms with E-state index >= 15 is 0 Å².